The van der Waals surface area contributed by atoms with E-state index in [-0.39, 0.29) is 18.2 Å². The van der Waals surface area contributed by atoms with Crippen LogP contribution in [-0.4, -0.2) is 41.8 Å². The molecule has 0 saturated heterocycles. The van der Waals surface area contributed by atoms with Gasteiger partial charge >= 0.3 is 0 Å². The lowest BCUT2D eigenvalue weighted by Crippen LogP contribution is -2.35. The van der Waals surface area contributed by atoms with E-state index in [1.165, 1.54) is 0 Å². The lowest BCUT2D eigenvalue weighted by Gasteiger charge is -2.08. The number of nitrogens with one attached hydrogen (secondary N) is 2. The third-order valence-corrected chi connectivity index (χ3v) is 4.09. The summed E-state index contributed by atoms with van der Waals surface area (Å²) in [5.41, 5.74) is 2.27. The highest BCUT2D eigenvalue weighted by atomic mass is 16.5. The van der Waals surface area contributed by atoms with Crippen molar-refractivity contribution in [1.29, 1.82) is 0 Å². The maximum absolute atomic E-state index is 12.1. The highest BCUT2D eigenvalue weighted by molar-refractivity contribution is 5.94. The van der Waals surface area contributed by atoms with Gasteiger partial charge in [0.2, 0.25) is 5.91 Å². The van der Waals surface area contributed by atoms with Gasteiger partial charge in [-0.25, -0.2) is 4.68 Å². The Morgan fingerprint density at radius 2 is 1.82 bits per heavy atom. The van der Waals surface area contributed by atoms with Crippen molar-refractivity contribution >= 4 is 11.8 Å². The molecule has 0 bridgehead atoms. The summed E-state index contributed by atoms with van der Waals surface area (Å²) in [5.74, 6) is 0.289. The Morgan fingerprint density at radius 3 is 2.61 bits per heavy atom. The molecule has 7 heteroatoms. The van der Waals surface area contributed by atoms with Crippen LogP contribution in [0.1, 0.15) is 15.9 Å². The van der Waals surface area contributed by atoms with E-state index in [0.717, 1.165) is 11.3 Å². The maximum Gasteiger partial charge on any atom is 0.251 e. The molecule has 0 fully saturated rings. The molecule has 2 aromatic carbocycles. The number of ether oxygens (including phenoxy) is 1. The SMILES string of the molecule is COc1cccc(C(=O)NCCNC(=O)Cc2cnn(-c3ccccc3)c2)c1. The van der Waals surface area contributed by atoms with Crippen LogP contribution in [0, 0.1) is 0 Å². The fourth-order valence-corrected chi connectivity index (χ4v) is 2.67. The predicted octanol–water partition coefficient (Wildman–Crippen LogP) is 1.97. The van der Waals surface area contributed by atoms with Crippen LogP contribution >= 0.6 is 0 Å². The van der Waals surface area contributed by atoms with E-state index in [1.54, 1.807) is 42.3 Å². The molecule has 2 amide bonds. The molecule has 3 rings (SSSR count). The van der Waals surface area contributed by atoms with Gasteiger partial charge in [-0.05, 0) is 35.9 Å². The maximum atomic E-state index is 12.1. The summed E-state index contributed by atoms with van der Waals surface area (Å²) >= 11 is 0. The first-order valence-corrected chi connectivity index (χ1v) is 8.93. The van der Waals surface area contributed by atoms with E-state index >= 15 is 0 Å². The Labute approximate surface area is 163 Å². The third-order valence-electron chi connectivity index (χ3n) is 4.09. The lowest BCUT2D eigenvalue weighted by molar-refractivity contribution is -0.120. The first-order valence-electron chi connectivity index (χ1n) is 8.93. The Hall–Kier alpha value is -3.61. The van der Waals surface area contributed by atoms with Crippen molar-refractivity contribution in [2.24, 2.45) is 0 Å². The first-order chi connectivity index (χ1) is 13.7. The molecule has 0 aliphatic heterocycles. The molecule has 0 saturated carbocycles. The summed E-state index contributed by atoms with van der Waals surface area (Å²) in [6, 6.07) is 16.6. The number of rotatable bonds is 8. The van der Waals surface area contributed by atoms with E-state index in [9.17, 15) is 9.59 Å². The van der Waals surface area contributed by atoms with Crippen molar-refractivity contribution in [3.05, 3.63) is 78.1 Å². The summed E-state index contributed by atoms with van der Waals surface area (Å²) in [4.78, 5) is 24.2. The summed E-state index contributed by atoms with van der Waals surface area (Å²) < 4.78 is 6.84. The van der Waals surface area contributed by atoms with Crippen molar-refractivity contribution in [1.82, 2.24) is 20.4 Å². The smallest absolute Gasteiger partial charge is 0.251 e. The number of hydrogen-bond acceptors (Lipinski definition) is 4. The number of hydrogen-bond donors (Lipinski definition) is 2. The normalized spacial score (nSPS) is 10.3. The van der Waals surface area contributed by atoms with Crippen molar-refractivity contribution < 1.29 is 14.3 Å². The van der Waals surface area contributed by atoms with Gasteiger partial charge in [0.15, 0.2) is 0 Å². The molecule has 1 aromatic heterocycles. The Kier molecular flexibility index (Phi) is 6.41. The molecule has 0 atom stereocenters. The molecule has 0 aliphatic carbocycles. The van der Waals surface area contributed by atoms with Gasteiger partial charge < -0.3 is 15.4 Å². The van der Waals surface area contributed by atoms with Gasteiger partial charge in [0, 0.05) is 24.8 Å². The van der Waals surface area contributed by atoms with Crippen molar-refractivity contribution in [3.63, 3.8) is 0 Å². The van der Waals surface area contributed by atoms with Gasteiger partial charge in [-0.2, -0.15) is 5.10 Å². The minimum Gasteiger partial charge on any atom is -0.497 e. The molecular formula is C21H22N4O3. The monoisotopic (exact) mass is 378 g/mol. The van der Waals surface area contributed by atoms with Gasteiger partial charge in [-0.1, -0.05) is 24.3 Å². The number of carbonyl (C=O) groups is 2. The van der Waals surface area contributed by atoms with Crippen LogP contribution < -0.4 is 15.4 Å². The van der Waals surface area contributed by atoms with Crippen molar-refractivity contribution in [2.45, 2.75) is 6.42 Å². The van der Waals surface area contributed by atoms with E-state index in [1.807, 2.05) is 36.5 Å². The zero-order chi connectivity index (χ0) is 19.8. The van der Waals surface area contributed by atoms with Crippen molar-refractivity contribution in [3.8, 4) is 11.4 Å². The first kappa shape index (κ1) is 19.2. The zero-order valence-electron chi connectivity index (χ0n) is 15.6. The summed E-state index contributed by atoms with van der Waals surface area (Å²) in [7, 11) is 1.55. The second-order valence-corrected chi connectivity index (χ2v) is 6.14. The standard InChI is InChI=1S/C21H22N4O3/c1-28-19-9-5-6-17(13-19)21(27)23-11-10-22-20(26)12-16-14-24-25(15-16)18-7-3-2-4-8-18/h2-9,13-15H,10-12H2,1H3,(H,22,26)(H,23,27). The zero-order valence-corrected chi connectivity index (χ0v) is 15.6. The fourth-order valence-electron chi connectivity index (χ4n) is 2.67. The Bertz CT molecular complexity index is 938. The van der Waals surface area contributed by atoms with Gasteiger partial charge in [0.1, 0.15) is 5.75 Å². The third kappa shape index (κ3) is 5.20. The number of carbonyl (C=O) groups excluding carboxylic acids is 2. The molecule has 3 aromatic rings. The number of aromatic nitrogens is 2. The second-order valence-electron chi connectivity index (χ2n) is 6.14. The lowest BCUT2D eigenvalue weighted by atomic mass is 10.2. The van der Waals surface area contributed by atoms with Gasteiger partial charge in [0.25, 0.3) is 5.91 Å². The van der Waals surface area contributed by atoms with Gasteiger partial charge in [0.05, 0.1) is 25.4 Å². The quantitative estimate of drug-likeness (QED) is 0.587. The molecule has 0 aliphatic rings. The van der Waals surface area contributed by atoms with Crippen LogP contribution in [0.3, 0.4) is 0 Å². The fraction of sp³-hybridized carbons (Fsp3) is 0.190. The number of methoxy groups -OCH3 is 1. The van der Waals surface area contributed by atoms with Crippen LogP contribution in [0.2, 0.25) is 0 Å². The Morgan fingerprint density at radius 1 is 1.04 bits per heavy atom. The number of benzene rings is 2. The molecular weight excluding hydrogens is 356 g/mol. The molecule has 28 heavy (non-hydrogen) atoms. The molecule has 0 unspecified atom stereocenters. The number of amides is 2. The summed E-state index contributed by atoms with van der Waals surface area (Å²) in [6.45, 7) is 0.687. The minimum absolute atomic E-state index is 0.122. The molecule has 2 N–H and O–H groups in total. The highest BCUT2D eigenvalue weighted by Crippen LogP contribution is 2.12. The van der Waals surface area contributed by atoms with Crippen molar-refractivity contribution in [2.75, 3.05) is 20.2 Å². The predicted molar refractivity (Wildman–Crippen MR) is 106 cm³/mol. The summed E-state index contributed by atoms with van der Waals surface area (Å²) in [5, 5.41) is 9.84. The van der Waals surface area contributed by atoms with Crippen LogP contribution in [0.4, 0.5) is 0 Å². The number of nitrogens with zero attached hydrogens (tertiary/aromatic N) is 2. The average Bonchev–Trinajstić information content (AvgIpc) is 3.20. The van der Waals surface area contributed by atoms with Crippen LogP contribution in [-0.2, 0) is 11.2 Å². The van der Waals surface area contributed by atoms with Crippen LogP contribution in [0.25, 0.3) is 5.69 Å². The molecule has 144 valence electrons. The van der Waals surface area contributed by atoms with E-state index in [0.29, 0.717) is 24.4 Å². The highest BCUT2D eigenvalue weighted by Gasteiger charge is 2.08. The molecule has 1 heterocycles. The van der Waals surface area contributed by atoms with E-state index in [4.69, 9.17) is 4.74 Å². The molecule has 7 nitrogen and oxygen atoms in total. The Balaban J connectivity index is 1.41. The molecule has 0 spiro atoms. The van der Waals surface area contributed by atoms with E-state index < -0.39 is 0 Å². The number of para-hydroxylation sites is 1. The average molecular weight is 378 g/mol. The molecule has 0 radical (unpaired) electrons. The minimum atomic E-state index is -0.211. The van der Waals surface area contributed by atoms with E-state index in [2.05, 4.69) is 15.7 Å². The van der Waals surface area contributed by atoms with Gasteiger partial charge in [-0.3, -0.25) is 9.59 Å². The van der Waals surface area contributed by atoms with Gasteiger partial charge in [-0.15, -0.1) is 0 Å². The second kappa shape index (κ2) is 9.36. The topological polar surface area (TPSA) is 85.2 Å². The summed E-state index contributed by atoms with van der Waals surface area (Å²) in [6.07, 6.45) is 3.74. The van der Waals surface area contributed by atoms with Crippen LogP contribution in [0.5, 0.6) is 5.75 Å². The largest absolute Gasteiger partial charge is 0.497 e. The van der Waals surface area contributed by atoms with Crippen LogP contribution in [0.15, 0.2) is 67.0 Å².